The van der Waals surface area contributed by atoms with Gasteiger partial charge in [-0.05, 0) is 48.7 Å². The van der Waals surface area contributed by atoms with Gasteiger partial charge in [0.15, 0.2) is 0 Å². The van der Waals surface area contributed by atoms with Gasteiger partial charge in [-0.2, -0.15) is 0 Å². The van der Waals surface area contributed by atoms with Crippen LogP contribution in [0.15, 0.2) is 30.5 Å². The molecule has 1 unspecified atom stereocenters. The van der Waals surface area contributed by atoms with Crippen molar-refractivity contribution in [3.8, 4) is 0 Å². The van der Waals surface area contributed by atoms with Crippen molar-refractivity contribution in [1.82, 2.24) is 15.3 Å². The molecule has 0 bridgehead atoms. The Kier molecular flexibility index (Phi) is 6.29. The van der Waals surface area contributed by atoms with Gasteiger partial charge < -0.3 is 15.7 Å². The highest BCUT2D eigenvalue weighted by molar-refractivity contribution is 6.34. The number of amides is 1. The summed E-state index contributed by atoms with van der Waals surface area (Å²) in [5, 5.41) is 16.5. The van der Waals surface area contributed by atoms with Crippen molar-refractivity contribution in [1.29, 1.82) is 0 Å². The molecule has 26 heavy (non-hydrogen) atoms. The maximum Gasteiger partial charge on any atom is 0.254 e. The summed E-state index contributed by atoms with van der Waals surface area (Å²) in [7, 11) is 0. The molecule has 1 aliphatic rings. The fourth-order valence-electron chi connectivity index (χ4n) is 3.11. The average Bonchev–Trinajstić information content (AvgIpc) is 2.64. The van der Waals surface area contributed by atoms with Gasteiger partial charge in [0, 0.05) is 17.8 Å². The van der Waals surface area contributed by atoms with Crippen LogP contribution in [0, 0.1) is 5.92 Å². The largest absolute Gasteiger partial charge is 0.373 e. The van der Waals surface area contributed by atoms with Gasteiger partial charge in [-0.15, -0.1) is 0 Å². The molecule has 1 heterocycles. The van der Waals surface area contributed by atoms with Gasteiger partial charge in [0.1, 0.15) is 12.0 Å². The Morgan fingerprint density at radius 2 is 1.96 bits per heavy atom. The number of nitrogens with zero attached hydrogens (tertiary/aromatic N) is 2. The molecule has 3 rings (SSSR count). The van der Waals surface area contributed by atoms with Crippen molar-refractivity contribution in [2.75, 3.05) is 5.32 Å². The summed E-state index contributed by atoms with van der Waals surface area (Å²) < 4.78 is 0. The Morgan fingerprint density at radius 1 is 1.19 bits per heavy atom. The Morgan fingerprint density at radius 3 is 2.69 bits per heavy atom. The van der Waals surface area contributed by atoms with Crippen LogP contribution in [0.4, 0.5) is 11.5 Å². The number of anilines is 2. The van der Waals surface area contributed by atoms with Crippen LogP contribution in [0.3, 0.4) is 0 Å². The zero-order valence-electron chi connectivity index (χ0n) is 14.1. The van der Waals surface area contributed by atoms with Crippen LogP contribution in [0.1, 0.15) is 42.5 Å². The van der Waals surface area contributed by atoms with Crippen molar-refractivity contribution >= 4 is 40.6 Å². The van der Waals surface area contributed by atoms with Crippen molar-refractivity contribution < 1.29 is 9.90 Å². The topological polar surface area (TPSA) is 87.1 Å². The lowest BCUT2D eigenvalue weighted by atomic mass is 9.88. The summed E-state index contributed by atoms with van der Waals surface area (Å²) in [6.45, 7) is 0. The number of nitrogens with one attached hydrogen (secondary N) is 2. The first kappa shape index (κ1) is 18.9. The number of hydrogen-bond donors (Lipinski definition) is 3. The Bertz CT molecular complexity index is 782. The van der Waals surface area contributed by atoms with Crippen molar-refractivity contribution in [3.63, 3.8) is 0 Å². The molecule has 8 heteroatoms. The molecule has 1 atom stereocenters. The molecular weight excluding hydrogens is 375 g/mol. The second-order valence-corrected chi connectivity index (χ2v) is 7.09. The predicted octanol–water partition coefficient (Wildman–Crippen LogP) is 4.16. The van der Waals surface area contributed by atoms with Crippen molar-refractivity contribution in [2.45, 2.75) is 38.3 Å². The summed E-state index contributed by atoms with van der Waals surface area (Å²) in [5.41, 5.74) is 0.910. The van der Waals surface area contributed by atoms with E-state index in [-0.39, 0.29) is 16.8 Å². The van der Waals surface area contributed by atoms with Gasteiger partial charge in [-0.3, -0.25) is 4.79 Å². The van der Waals surface area contributed by atoms with E-state index in [2.05, 4.69) is 20.6 Å². The fourth-order valence-corrected chi connectivity index (χ4v) is 3.46. The molecule has 0 spiro atoms. The average molecular weight is 395 g/mol. The minimum absolute atomic E-state index is 0.0935. The minimum Gasteiger partial charge on any atom is -0.373 e. The Labute approximate surface area is 162 Å². The molecule has 1 amide bonds. The number of halogens is 2. The van der Waals surface area contributed by atoms with E-state index in [4.69, 9.17) is 23.2 Å². The first-order valence-electron chi connectivity index (χ1n) is 8.57. The number of aliphatic hydroxyl groups is 1. The Hall–Kier alpha value is -1.89. The van der Waals surface area contributed by atoms with Crippen LogP contribution >= 0.6 is 23.2 Å². The molecule has 0 saturated heterocycles. The molecule has 1 fully saturated rings. The lowest BCUT2D eigenvalue weighted by Gasteiger charge is -2.27. The number of hydrogen-bond acceptors (Lipinski definition) is 5. The highest BCUT2D eigenvalue weighted by Crippen LogP contribution is 2.27. The predicted molar refractivity (Wildman–Crippen MR) is 102 cm³/mol. The number of aromatic nitrogens is 2. The SMILES string of the molecule is O=C(NC(O)C1CCCCC1)c1cc(Nc2ccnc(Cl)n2)ccc1Cl. The van der Waals surface area contributed by atoms with E-state index < -0.39 is 12.1 Å². The van der Waals surface area contributed by atoms with Gasteiger partial charge >= 0.3 is 0 Å². The summed E-state index contributed by atoms with van der Waals surface area (Å²) in [6, 6.07) is 6.62. The monoisotopic (exact) mass is 394 g/mol. The number of benzene rings is 1. The first-order valence-corrected chi connectivity index (χ1v) is 9.32. The van der Waals surface area contributed by atoms with Gasteiger partial charge in [-0.1, -0.05) is 30.9 Å². The van der Waals surface area contributed by atoms with Gasteiger partial charge in [0.25, 0.3) is 5.91 Å². The van der Waals surface area contributed by atoms with E-state index in [1.54, 1.807) is 24.3 Å². The van der Waals surface area contributed by atoms with E-state index in [0.29, 0.717) is 16.5 Å². The molecule has 138 valence electrons. The second kappa shape index (κ2) is 8.66. The van der Waals surface area contributed by atoms with Gasteiger partial charge in [0.05, 0.1) is 10.6 Å². The molecule has 0 aliphatic heterocycles. The zero-order chi connectivity index (χ0) is 18.5. The van der Waals surface area contributed by atoms with E-state index in [9.17, 15) is 9.90 Å². The highest BCUT2D eigenvalue weighted by Gasteiger charge is 2.24. The summed E-state index contributed by atoms with van der Waals surface area (Å²) in [6.07, 6.45) is 5.86. The molecule has 1 aromatic heterocycles. The molecule has 2 aromatic rings. The van der Waals surface area contributed by atoms with Crippen LogP contribution in [0.2, 0.25) is 10.3 Å². The maximum absolute atomic E-state index is 12.5. The van der Waals surface area contributed by atoms with Gasteiger partial charge in [-0.25, -0.2) is 9.97 Å². The molecule has 0 radical (unpaired) electrons. The lowest BCUT2D eigenvalue weighted by Crippen LogP contribution is -2.41. The van der Waals surface area contributed by atoms with Crippen molar-refractivity contribution in [3.05, 3.63) is 46.3 Å². The minimum atomic E-state index is -0.865. The normalized spacial score (nSPS) is 16.1. The standard InChI is InChI=1S/C18H20Cl2N4O2/c19-14-7-6-12(22-15-8-9-21-18(20)23-15)10-13(14)17(26)24-16(25)11-4-2-1-3-5-11/h6-11,16,25H,1-5H2,(H,24,26)(H,21,22,23). The number of aliphatic hydroxyl groups excluding tert-OH is 1. The van der Waals surface area contributed by atoms with E-state index in [1.807, 2.05) is 0 Å². The van der Waals surface area contributed by atoms with Gasteiger partial charge in [0.2, 0.25) is 5.28 Å². The fraction of sp³-hybridized carbons (Fsp3) is 0.389. The van der Waals surface area contributed by atoms with E-state index >= 15 is 0 Å². The summed E-state index contributed by atoms with van der Waals surface area (Å²) in [4.78, 5) is 20.4. The van der Waals surface area contributed by atoms with Crippen LogP contribution in [0.25, 0.3) is 0 Å². The highest BCUT2D eigenvalue weighted by atomic mass is 35.5. The van der Waals surface area contributed by atoms with Crippen LogP contribution in [-0.2, 0) is 0 Å². The third-order valence-electron chi connectivity index (χ3n) is 4.48. The van der Waals surface area contributed by atoms with E-state index in [0.717, 1.165) is 25.7 Å². The zero-order valence-corrected chi connectivity index (χ0v) is 15.6. The number of carbonyl (C=O) groups excluding carboxylic acids is 1. The molecule has 3 N–H and O–H groups in total. The third kappa shape index (κ3) is 4.84. The van der Waals surface area contributed by atoms with Crippen molar-refractivity contribution in [2.24, 2.45) is 5.92 Å². The molecule has 1 saturated carbocycles. The lowest BCUT2D eigenvalue weighted by molar-refractivity contribution is 0.0463. The summed E-state index contributed by atoms with van der Waals surface area (Å²) >= 11 is 11.9. The molecule has 6 nitrogen and oxygen atoms in total. The molecular formula is C18H20Cl2N4O2. The maximum atomic E-state index is 12.5. The molecule has 1 aromatic carbocycles. The second-order valence-electron chi connectivity index (χ2n) is 6.35. The first-order chi connectivity index (χ1) is 12.5. The quantitative estimate of drug-likeness (QED) is 0.523. The van der Waals surface area contributed by atoms with Crippen LogP contribution in [-0.4, -0.2) is 27.2 Å². The van der Waals surface area contributed by atoms with Crippen LogP contribution < -0.4 is 10.6 Å². The third-order valence-corrected chi connectivity index (χ3v) is 5.00. The van der Waals surface area contributed by atoms with E-state index in [1.165, 1.54) is 12.6 Å². The number of rotatable bonds is 5. The summed E-state index contributed by atoms with van der Waals surface area (Å²) in [5.74, 6) is 0.189. The molecule has 1 aliphatic carbocycles. The van der Waals surface area contributed by atoms with Crippen LogP contribution in [0.5, 0.6) is 0 Å². The number of carbonyl (C=O) groups is 1. The Balaban J connectivity index is 1.71. The smallest absolute Gasteiger partial charge is 0.254 e.